The summed E-state index contributed by atoms with van der Waals surface area (Å²) in [6.45, 7) is 4.05. The second-order valence-corrected chi connectivity index (χ2v) is 7.94. The largest absolute Gasteiger partial charge is 0.368 e. The molecule has 150 valence electrons. The molecule has 8 nitrogen and oxygen atoms in total. The van der Waals surface area contributed by atoms with Gasteiger partial charge in [-0.3, -0.25) is 9.20 Å². The number of hydrogen-bond acceptors (Lipinski definition) is 6. The second kappa shape index (κ2) is 6.40. The molecule has 0 aliphatic heterocycles. The van der Waals surface area contributed by atoms with E-state index in [0.717, 1.165) is 30.3 Å². The number of rotatable bonds is 5. The number of imidazole rings is 1. The maximum Gasteiger partial charge on any atom is 0.278 e. The molecule has 0 N–H and O–H groups in total. The highest BCUT2D eigenvalue weighted by Crippen LogP contribution is 2.48. The van der Waals surface area contributed by atoms with Gasteiger partial charge in [0.05, 0.1) is 11.0 Å². The lowest BCUT2D eigenvalue weighted by molar-refractivity contribution is 0.0492. The second-order valence-electron chi connectivity index (χ2n) is 7.50. The van der Waals surface area contributed by atoms with Crippen molar-refractivity contribution in [3.63, 3.8) is 0 Å². The predicted octanol–water partition coefficient (Wildman–Crippen LogP) is 3.96. The van der Waals surface area contributed by atoms with E-state index in [2.05, 4.69) is 15.1 Å². The summed E-state index contributed by atoms with van der Waals surface area (Å²) in [5, 5.41) is 4.66. The van der Waals surface area contributed by atoms with Crippen LogP contribution in [-0.2, 0) is 10.3 Å². The zero-order valence-corrected chi connectivity index (χ0v) is 17.1. The van der Waals surface area contributed by atoms with Crippen molar-refractivity contribution in [1.82, 2.24) is 24.1 Å². The van der Waals surface area contributed by atoms with Crippen LogP contribution in [0.1, 0.15) is 45.0 Å². The van der Waals surface area contributed by atoms with Gasteiger partial charge in [-0.15, -0.1) is 0 Å². The lowest BCUT2D eigenvalue weighted by atomic mass is 10.2. The van der Waals surface area contributed by atoms with E-state index in [0.29, 0.717) is 22.1 Å². The Morgan fingerprint density at radius 3 is 2.83 bits per heavy atom. The summed E-state index contributed by atoms with van der Waals surface area (Å²) in [6, 6.07) is 5.49. The van der Waals surface area contributed by atoms with Crippen molar-refractivity contribution in [2.75, 3.05) is 7.11 Å². The molecule has 29 heavy (non-hydrogen) atoms. The summed E-state index contributed by atoms with van der Waals surface area (Å²) in [5.74, 6) is 0.706. The van der Waals surface area contributed by atoms with Gasteiger partial charge in [-0.1, -0.05) is 23.7 Å². The van der Waals surface area contributed by atoms with E-state index < -0.39 is 5.60 Å². The van der Waals surface area contributed by atoms with E-state index in [1.807, 2.05) is 26.0 Å². The molecule has 9 heteroatoms. The van der Waals surface area contributed by atoms with Gasteiger partial charge in [0.1, 0.15) is 23.1 Å². The number of nitrogens with zero attached hydrogens (tertiary/aromatic N) is 5. The Bertz CT molecular complexity index is 1300. The molecular weight excluding hydrogens is 394 g/mol. The zero-order valence-electron chi connectivity index (χ0n) is 16.3. The first-order valence-electron chi connectivity index (χ1n) is 9.59. The SMILES string of the molecule is CCC(C)n1c(=O)c2c(-c3noc(C4(OC)CC4)n3)ncn2c2ccc(Cl)cc21. The van der Waals surface area contributed by atoms with Crippen molar-refractivity contribution in [3.8, 4) is 11.5 Å². The molecule has 1 fully saturated rings. The van der Waals surface area contributed by atoms with Gasteiger partial charge < -0.3 is 13.8 Å². The minimum absolute atomic E-state index is 0.0136. The standard InChI is InChI=1S/C20H20ClN5O3/c1-4-11(2)26-14-9-12(21)5-6-13(14)25-10-22-15(16(25)18(26)27)17-23-19(29-24-17)20(28-3)7-8-20/h5-6,9-11H,4,7-8H2,1-3H3. The minimum atomic E-state index is -0.499. The van der Waals surface area contributed by atoms with Crippen LogP contribution in [0.3, 0.4) is 0 Å². The van der Waals surface area contributed by atoms with Crippen LogP contribution in [0, 0.1) is 0 Å². The van der Waals surface area contributed by atoms with Gasteiger partial charge in [0, 0.05) is 18.2 Å². The van der Waals surface area contributed by atoms with Crippen LogP contribution in [-0.4, -0.2) is 31.2 Å². The number of fused-ring (bicyclic) bond motifs is 3. The van der Waals surface area contributed by atoms with Crippen LogP contribution in [0.4, 0.5) is 0 Å². The molecule has 0 spiro atoms. The molecule has 0 amide bonds. The van der Waals surface area contributed by atoms with Gasteiger partial charge in [0.15, 0.2) is 0 Å². The maximum atomic E-state index is 13.5. The number of benzene rings is 1. The third kappa shape index (κ3) is 2.63. The summed E-state index contributed by atoms with van der Waals surface area (Å²) in [4.78, 5) is 22.5. The molecule has 3 heterocycles. The van der Waals surface area contributed by atoms with Gasteiger partial charge in [0.2, 0.25) is 5.82 Å². The summed E-state index contributed by atoms with van der Waals surface area (Å²) in [5.41, 5.74) is 1.74. The van der Waals surface area contributed by atoms with Crippen molar-refractivity contribution >= 4 is 28.2 Å². The molecule has 0 bridgehead atoms. The fourth-order valence-corrected chi connectivity index (χ4v) is 3.93. The summed E-state index contributed by atoms with van der Waals surface area (Å²) >= 11 is 6.22. The Morgan fingerprint density at radius 2 is 2.14 bits per heavy atom. The van der Waals surface area contributed by atoms with Gasteiger partial charge in [-0.05, 0) is 44.4 Å². The molecule has 1 unspecified atom stereocenters. The smallest absolute Gasteiger partial charge is 0.278 e. The molecule has 0 saturated heterocycles. The molecule has 1 atom stereocenters. The molecular formula is C20H20ClN5O3. The third-order valence-electron chi connectivity index (χ3n) is 5.80. The highest BCUT2D eigenvalue weighted by Gasteiger charge is 2.50. The van der Waals surface area contributed by atoms with Crippen LogP contribution in [0.15, 0.2) is 33.8 Å². The van der Waals surface area contributed by atoms with E-state index >= 15 is 0 Å². The number of ether oxygens (including phenoxy) is 1. The van der Waals surface area contributed by atoms with Crippen molar-refractivity contribution in [3.05, 3.63) is 45.8 Å². The van der Waals surface area contributed by atoms with Crippen molar-refractivity contribution in [2.24, 2.45) is 0 Å². The molecule has 1 saturated carbocycles. The van der Waals surface area contributed by atoms with Crippen LogP contribution >= 0.6 is 11.6 Å². The third-order valence-corrected chi connectivity index (χ3v) is 6.03. The molecule has 4 aromatic rings. The van der Waals surface area contributed by atoms with Crippen LogP contribution < -0.4 is 5.56 Å². The normalized spacial score (nSPS) is 16.6. The fourth-order valence-electron chi connectivity index (χ4n) is 3.76. The Morgan fingerprint density at radius 1 is 1.34 bits per heavy atom. The van der Waals surface area contributed by atoms with Crippen LogP contribution in [0.5, 0.6) is 0 Å². The van der Waals surface area contributed by atoms with Gasteiger partial charge in [0.25, 0.3) is 11.4 Å². The van der Waals surface area contributed by atoms with E-state index in [-0.39, 0.29) is 17.4 Å². The predicted molar refractivity (Wildman–Crippen MR) is 108 cm³/mol. The minimum Gasteiger partial charge on any atom is -0.368 e. The molecule has 1 aromatic carbocycles. The molecule has 3 aromatic heterocycles. The summed E-state index contributed by atoms with van der Waals surface area (Å²) in [6.07, 6.45) is 4.08. The monoisotopic (exact) mass is 413 g/mol. The van der Waals surface area contributed by atoms with E-state index in [9.17, 15) is 4.79 Å². The average molecular weight is 414 g/mol. The number of halogens is 1. The lowest BCUT2D eigenvalue weighted by Gasteiger charge is -2.18. The number of hydrogen-bond donors (Lipinski definition) is 0. The molecule has 1 aliphatic rings. The lowest BCUT2D eigenvalue weighted by Crippen LogP contribution is -2.25. The summed E-state index contributed by atoms with van der Waals surface area (Å²) in [7, 11) is 1.63. The van der Waals surface area contributed by atoms with E-state index in [4.69, 9.17) is 20.9 Å². The van der Waals surface area contributed by atoms with Gasteiger partial charge in [-0.2, -0.15) is 4.98 Å². The molecule has 5 rings (SSSR count). The van der Waals surface area contributed by atoms with Crippen molar-refractivity contribution < 1.29 is 9.26 Å². The van der Waals surface area contributed by atoms with E-state index in [1.54, 1.807) is 28.5 Å². The van der Waals surface area contributed by atoms with Crippen molar-refractivity contribution in [2.45, 2.75) is 44.8 Å². The number of aromatic nitrogens is 5. The van der Waals surface area contributed by atoms with Crippen LogP contribution in [0.2, 0.25) is 5.02 Å². The van der Waals surface area contributed by atoms with Gasteiger partial charge >= 0.3 is 0 Å². The Hall–Kier alpha value is -2.71. The average Bonchev–Trinajstić information content (AvgIpc) is 3.14. The maximum absolute atomic E-state index is 13.5. The quantitative estimate of drug-likeness (QED) is 0.492. The van der Waals surface area contributed by atoms with Crippen molar-refractivity contribution in [1.29, 1.82) is 0 Å². The summed E-state index contributed by atoms with van der Waals surface area (Å²) < 4.78 is 14.5. The fraction of sp³-hybridized carbons (Fsp3) is 0.400. The Balaban J connectivity index is 1.79. The molecule has 1 aliphatic carbocycles. The number of methoxy groups -OCH3 is 1. The van der Waals surface area contributed by atoms with Gasteiger partial charge in [-0.25, -0.2) is 4.98 Å². The Labute approximate surface area is 171 Å². The zero-order chi connectivity index (χ0) is 20.3. The highest BCUT2D eigenvalue weighted by atomic mass is 35.5. The first-order valence-corrected chi connectivity index (χ1v) is 9.97. The van der Waals surface area contributed by atoms with Crippen LogP contribution in [0.25, 0.3) is 28.1 Å². The van der Waals surface area contributed by atoms with E-state index in [1.165, 1.54) is 0 Å². The Kier molecular flexibility index (Phi) is 4.04. The highest BCUT2D eigenvalue weighted by molar-refractivity contribution is 6.31. The first kappa shape index (κ1) is 18.3. The first-order chi connectivity index (χ1) is 14.0. The topological polar surface area (TPSA) is 87.5 Å². The molecule has 0 radical (unpaired) electrons.